The van der Waals surface area contributed by atoms with Gasteiger partial charge in [-0.25, -0.2) is 8.42 Å². The van der Waals surface area contributed by atoms with E-state index in [0.717, 1.165) is 4.31 Å². The van der Waals surface area contributed by atoms with E-state index in [2.05, 4.69) is 5.32 Å². The zero-order chi connectivity index (χ0) is 30.9. The molecule has 1 N–H and O–H groups in total. The molecule has 3 rings (SSSR count). The standard InChI is InChI=1S/C31H37Cl2N3O5S/c1-5-29(31(38)34-19-22(3)4)35(20-23-12-13-24(32)18-28(23)33)30(37)21-36(25-14-16-26(17-15-25)41-6-2)42(39,40)27-10-8-7-9-11-27/h7-18,22,29H,5-6,19-21H2,1-4H3,(H,34,38). The van der Waals surface area contributed by atoms with Crippen LogP contribution in [0.5, 0.6) is 5.75 Å². The maximum absolute atomic E-state index is 14.1. The molecule has 0 saturated carbocycles. The van der Waals surface area contributed by atoms with Crippen LogP contribution in [0.2, 0.25) is 10.0 Å². The number of sulfonamides is 1. The monoisotopic (exact) mass is 633 g/mol. The second-order valence-electron chi connectivity index (χ2n) is 10.1. The number of hydrogen-bond acceptors (Lipinski definition) is 5. The Morgan fingerprint density at radius 3 is 2.19 bits per heavy atom. The normalized spacial score (nSPS) is 12.1. The van der Waals surface area contributed by atoms with Gasteiger partial charge in [0.1, 0.15) is 18.3 Å². The van der Waals surface area contributed by atoms with Gasteiger partial charge < -0.3 is 15.0 Å². The molecule has 3 aromatic carbocycles. The first-order chi connectivity index (χ1) is 20.0. The van der Waals surface area contributed by atoms with Crippen molar-refractivity contribution in [3.8, 4) is 5.75 Å². The lowest BCUT2D eigenvalue weighted by Crippen LogP contribution is -2.52. The third kappa shape index (κ3) is 8.63. The van der Waals surface area contributed by atoms with Gasteiger partial charge in [0.25, 0.3) is 10.0 Å². The highest BCUT2D eigenvalue weighted by molar-refractivity contribution is 7.92. The molecule has 8 nitrogen and oxygen atoms in total. The zero-order valence-electron chi connectivity index (χ0n) is 24.2. The van der Waals surface area contributed by atoms with E-state index in [9.17, 15) is 18.0 Å². The number of nitrogens with zero attached hydrogens (tertiary/aromatic N) is 2. The number of ether oxygens (including phenoxy) is 1. The molecule has 226 valence electrons. The second kappa shape index (κ2) is 15.3. The number of anilines is 1. The molecule has 0 aliphatic rings. The summed E-state index contributed by atoms with van der Waals surface area (Å²) >= 11 is 12.6. The van der Waals surface area contributed by atoms with Crippen molar-refractivity contribution in [1.29, 1.82) is 0 Å². The van der Waals surface area contributed by atoms with Gasteiger partial charge in [0.05, 0.1) is 17.2 Å². The van der Waals surface area contributed by atoms with Crippen molar-refractivity contribution in [2.45, 2.75) is 51.6 Å². The largest absolute Gasteiger partial charge is 0.494 e. The summed E-state index contributed by atoms with van der Waals surface area (Å²) in [5.41, 5.74) is 0.848. The number of carbonyl (C=O) groups is 2. The molecule has 0 aliphatic carbocycles. The Morgan fingerprint density at radius 1 is 0.952 bits per heavy atom. The van der Waals surface area contributed by atoms with Crippen molar-refractivity contribution in [1.82, 2.24) is 10.2 Å². The lowest BCUT2D eigenvalue weighted by atomic mass is 10.1. The van der Waals surface area contributed by atoms with Gasteiger partial charge in [0.15, 0.2) is 0 Å². The van der Waals surface area contributed by atoms with Crippen molar-refractivity contribution < 1.29 is 22.7 Å². The van der Waals surface area contributed by atoms with E-state index in [4.69, 9.17) is 27.9 Å². The molecule has 1 unspecified atom stereocenters. The lowest BCUT2D eigenvalue weighted by Gasteiger charge is -2.33. The predicted molar refractivity (Wildman–Crippen MR) is 168 cm³/mol. The number of nitrogens with one attached hydrogen (secondary N) is 1. The lowest BCUT2D eigenvalue weighted by molar-refractivity contribution is -0.140. The van der Waals surface area contributed by atoms with Gasteiger partial charge in [-0.2, -0.15) is 0 Å². The van der Waals surface area contributed by atoms with E-state index >= 15 is 0 Å². The van der Waals surface area contributed by atoms with Crippen LogP contribution >= 0.6 is 23.2 Å². The van der Waals surface area contributed by atoms with Crippen molar-refractivity contribution >= 4 is 50.7 Å². The summed E-state index contributed by atoms with van der Waals surface area (Å²) in [4.78, 5) is 28.9. The molecule has 0 aliphatic heterocycles. The SMILES string of the molecule is CCOc1ccc(N(CC(=O)N(Cc2ccc(Cl)cc2Cl)C(CC)C(=O)NCC(C)C)S(=O)(=O)c2ccccc2)cc1. The van der Waals surface area contributed by atoms with Gasteiger partial charge in [-0.1, -0.05) is 68.2 Å². The number of amides is 2. The van der Waals surface area contributed by atoms with Crippen molar-refractivity contribution in [2.24, 2.45) is 5.92 Å². The number of halogens is 2. The average Bonchev–Trinajstić information content (AvgIpc) is 2.96. The van der Waals surface area contributed by atoms with Crippen LogP contribution in [-0.2, 0) is 26.2 Å². The highest BCUT2D eigenvalue weighted by Crippen LogP contribution is 2.28. The fraction of sp³-hybridized carbons (Fsp3) is 0.355. The van der Waals surface area contributed by atoms with Crippen LogP contribution in [0, 0.1) is 5.92 Å². The third-order valence-corrected chi connectivity index (χ3v) is 8.85. The minimum absolute atomic E-state index is 0.0229. The summed E-state index contributed by atoms with van der Waals surface area (Å²) in [6.07, 6.45) is 0.301. The Morgan fingerprint density at radius 2 is 1.62 bits per heavy atom. The Labute approximate surface area is 258 Å². The predicted octanol–water partition coefficient (Wildman–Crippen LogP) is 6.17. The average molecular weight is 635 g/mol. The topological polar surface area (TPSA) is 96.0 Å². The van der Waals surface area contributed by atoms with Gasteiger partial charge >= 0.3 is 0 Å². The molecule has 0 radical (unpaired) electrons. The Kier molecular flexibility index (Phi) is 12.1. The van der Waals surface area contributed by atoms with Crippen LogP contribution < -0.4 is 14.4 Å². The molecule has 1 atom stereocenters. The first kappa shape index (κ1) is 33.2. The number of benzene rings is 3. The minimum Gasteiger partial charge on any atom is -0.494 e. The van der Waals surface area contributed by atoms with E-state index in [1.165, 1.54) is 17.0 Å². The summed E-state index contributed by atoms with van der Waals surface area (Å²) in [6.45, 7) is 7.90. The van der Waals surface area contributed by atoms with E-state index in [1.54, 1.807) is 67.6 Å². The van der Waals surface area contributed by atoms with Crippen LogP contribution in [0.25, 0.3) is 0 Å². The first-order valence-electron chi connectivity index (χ1n) is 13.8. The third-order valence-electron chi connectivity index (χ3n) is 6.47. The second-order valence-corrected chi connectivity index (χ2v) is 12.8. The van der Waals surface area contributed by atoms with Gasteiger partial charge in [-0.3, -0.25) is 13.9 Å². The number of hydrogen-bond donors (Lipinski definition) is 1. The Balaban J connectivity index is 2.06. The smallest absolute Gasteiger partial charge is 0.264 e. The summed E-state index contributed by atoms with van der Waals surface area (Å²) in [7, 11) is -4.17. The molecule has 0 fully saturated rings. The van der Waals surface area contributed by atoms with Crippen LogP contribution in [-0.4, -0.2) is 50.9 Å². The molecular weight excluding hydrogens is 597 g/mol. The number of carbonyl (C=O) groups excluding carboxylic acids is 2. The fourth-order valence-corrected chi connectivity index (χ4v) is 6.20. The minimum atomic E-state index is -4.17. The fourth-order valence-electron chi connectivity index (χ4n) is 4.30. The zero-order valence-corrected chi connectivity index (χ0v) is 26.5. The Hall–Kier alpha value is -3.27. The van der Waals surface area contributed by atoms with E-state index < -0.39 is 28.5 Å². The van der Waals surface area contributed by atoms with Crippen LogP contribution in [0.4, 0.5) is 5.69 Å². The van der Waals surface area contributed by atoms with E-state index in [-0.39, 0.29) is 29.0 Å². The molecule has 3 aromatic rings. The highest BCUT2D eigenvalue weighted by atomic mass is 35.5. The summed E-state index contributed by atoms with van der Waals surface area (Å²) < 4.78 is 34.4. The first-order valence-corrected chi connectivity index (χ1v) is 16.0. The molecule has 0 heterocycles. The summed E-state index contributed by atoms with van der Waals surface area (Å²) in [5.74, 6) is -0.131. The maximum atomic E-state index is 14.1. The van der Waals surface area contributed by atoms with Gasteiger partial charge in [0.2, 0.25) is 11.8 Å². The van der Waals surface area contributed by atoms with Crippen molar-refractivity contribution in [2.75, 3.05) is 24.0 Å². The summed E-state index contributed by atoms with van der Waals surface area (Å²) in [5, 5.41) is 3.67. The molecule has 11 heteroatoms. The Bertz CT molecular complexity index is 1450. The molecule has 0 bridgehead atoms. The number of rotatable bonds is 14. The molecule has 0 saturated heterocycles. The summed E-state index contributed by atoms with van der Waals surface area (Å²) in [6, 6.07) is 18.4. The molecular formula is C31H37Cl2N3O5S. The van der Waals surface area contributed by atoms with Gasteiger partial charge in [0, 0.05) is 23.1 Å². The van der Waals surface area contributed by atoms with Crippen molar-refractivity contribution in [3.05, 3.63) is 88.4 Å². The maximum Gasteiger partial charge on any atom is 0.264 e. The van der Waals surface area contributed by atoms with Crippen LogP contribution in [0.15, 0.2) is 77.7 Å². The highest BCUT2D eigenvalue weighted by Gasteiger charge is 2.34. The molecule has 42 heavy (non-hydrogen) atoms. The van der Waals surface area contributed by atoms with Crippen molar-refractivity contribution in [3.63, 3.8) is 0 Å². The van der Waals surface area contributed by atoms with E-state index in [1.807, 2.05) is 20.8 Å². The molecule has 0 spiro atoms. The quantitative estimate of drug-likeness (QED) is 0.229. The van der Waals surface area contributed by atoms with Gasteiger partial charge in [-0.15, -0.1) is 0 Å². The molecule has 2 amide bonds. The van der Waals surface area contributed by atoms with Gasteiger partial charge in [-0.05, 0) is 73.4 Å². The molecule has 0 aromatic heterocycles. The van der Waals surface area contributed by atoms with E-state index in [0.29, 0.717) is 40.9 Å². The van der Waals surface area contributed by atoms with Crippen LogP contribution in [0.3, 0.4) is 0 Å². The van der Waals surface area contributed by atoms with Crippen LogP contribution in [0.1, 0.15) is 39.7 Å².